The van der Waals surface area contributed by atoms with Crippen molar-refractivity contribution in [1.29, 1.82) is 0 Å². The van der Waals surface area contributed by atoms with Gasteiger partial charge in [0.25, 0.3) is 6.43 Å². The number of hydrogen-bond donors (Lipinski definition) is 2. The number of rotatable bonds is 3. The molecule has 0 aromatic carbocycles. The predicted octanol–water partition coefficient (Wildman–Crippen LogP) is 1.54. The first-order chi connectivity index (χ1) is 6.93. The van der Waals surface area contributed by atoms with Gasteiger partial charge in [0.05, 0.1) is 15.7 Å². The molecule has 0 aliphatic heterocycles. The number of alkyl halides is 2. The Balaban J connectivity index is 3.29. The van der Waals surface area contributed by atoms with Crippen molar-refractivity contribution in [2.75, 3.05) is 0 Å². The molecule has 0 aliphatic carbocycles. The van der Waals surface area contributed by atoms with Crippen molar-refractivity contribution in [3.8, 4) is 0 Å². The van der Waals surface area contributed by atoms with Crippen molar-refractivity contribution < 1.29 is 18.7 Å². The van der Waals surface area contributed by atoms with Crippen LogP contribution in [0.25, 0.3) is 0 Å². The molecule has 0 saturated carbocycles. The van der Waals surface area contributed by atoms with Gasteiger partial charge in [0.1, 0.15) is 0 Å². The molecule has 4 nitrogen and oxygen atoms in total. The van der Waals surface area contributed by atoms with Crippen LogP contribution >= 0.6 is 22.6 Å². The van der Waals surface area contributed by atoms with Gasteiger partial charge in [0, 0.05) is 11.8 Å². The first kappa shape index (κ1) is 12.1. The zero-order chi connectivity index (χ0) is 11.6. The zero-order valence-corrected chi connectivity index (χ0v) is 9.42. The molecule has 0 radical (unpaired) electrons. The lowest BCUT2D eigenvalue weighted by Gasteiger charge is -2.04. The topological polar surface area (TPSA) is 70.2 Å². The Labute approximate surface area is 96.5 Å². The minimum Gasteiger partial charge on any atom is -0.481 e. The smallest absolute Gasteiger partial charge is 0.308 e. The standard InChI is InChI=1S/C8H6F2INO3/c9-7(10)5-6(15)3(1-4(13)14)2-12-8(5)11/h2,7H,1H2,(H,12,15)(H,13,14). The Hall–Kier alpha value is -0.990. The van der Waals surface area contributed by atoms with Gasteiger partial charge >= 0.3 is 5.97 Å². The minimum atomic E-state index is -2.91. The van der Waals surface area contributed by atoms with Crippen LogP contribution in [0, 0.1) is 3.70 Å². The molecule has 0 spiro atoms. The van der Waals surface area contributed by atoms with Crippen molar-refractivity contribution in [2.45, 2.75) is 12.8 Å². The number of carbonyl (C=O) groups is 1. The molecule has 1 aromatic heterocycles. The SMILES string of the molecule is O=C(O)Cc1c[nH]c(I)c(C(F)F)c1=O. The molecule has 0 amide bonds. The van der Waals surface area contributed by atoms with Gasteiger partial charge in [-0.25, -0.2) is 8.78 Å². The van der Waals surface area contributed by atoms with Crippen LogP contribution in [0.2, 0.25) is 0 Å². The Morgan fingerprint density at radius 3 is 2.67 bits per heavy atom. The molecule has 15 heavy (non-hydrogen) atoms. The van der Waals surface area contributed by atoms with E-state index in [1.165, 1.54) is 0 Å². The Morgan fingerprint density at radius 2 is 2.20 bits per heavy atom. The van der Waals surface area contributed by atoms with Gasteiger partial charge in [-0.15, -0.1) is 0 Å². The summed E-state index contributed by atoms with van der Waals surface area (Å²) in [5.74, 6) is -1.23. The summed E-state index contributed by atoms with van der Waals surface area (Å²) < 4.78 is 24.9. The highest BCUT2D eigenvalue weighted by molar-refractivity contribution is 14.1. The maximum atomic E-state index is 12.4. The first-order valence-corrected chi connectivity index (χ1v) is 4.91. The summed E-state index contributed by atoms with van der Waals surface area (Å²) >= 11 is 1.57. The van der Waals surface area contributed by atoms with Crippen LogP contribution in [0.3, 0.4) is 0 Å². The second kappa shape index (κ2) is 4.69. The molecule has 1 rings (SSSR count). The van der Waals surface area contributed by atoms with E-state index >= 15 is 0 Å². The van der Waals surface area contributed by atoms with Gasteiger partial charge < -0.3 is 10.1 Å². The number of hydrogen-bond acceptors (Lipinski definition) is 2. The average Bonchev–Trinajstić information content (AvgIpc) is 2.09. The third kappa shape index (κ3) is 2.74. The number of halogens is 3. The number of pyridine rings is 1. The molecule has 7 heteroatoms. The van der Waals surface area contributed by atoms with Crippen LogP contribution in [0.1, 0.15) is 17.6 Å². The van der Waals surface area contributed by atoms with E-state index in [0.717, 1.165) is 6.20 Å². The fourth-order valence-electron chi connectivity index (χ4n) is 1.06. The summed E-state index contributed by atoms with van der Waals surface area (Å²) in [6, 6.07) is 0. The van der Waals surface area contributed by atoms with E-state index in [0.29, 0.717) is 0 Å². The van der Waals surface area contributed by atoms with E-state index in [-0.39, 0.29) is 9.26 Å². The van der Waals surface area contributed by atoms with Crippen LogP contribution in [0.4, 0.5) is 8.78 Å². The van der Waals surface area contributed by atoms with Crippen molar-refractivity contribution >= 4 is 28.6 Å². The number of aromatic amines is 1. The molecule has 1 aromatic rings. The Kier molecular flexibility index (Phi) is 3.77. The zero-order valence-electron chi connectivity index (χ0n) is 7.26. The normalized spacial score (nSPS) is 10.7. The highest BCUT2D eigenvalue weighted by Gasteiger charge is 2.19. The number of H-pyrrole nitrogens is 1. The Morgan fingerprint density at radius 1 is 1.60 bits per heavy atom. The number of nitrogens with one attached hydrogen (secondary N) is 1. The second-order valence-electron chi connectivity index (χ2n) is 2.74. The van der Waals surface area contributed by atoms with Crippen LogP contribution in [-0.2, 0) is 11.2 Å². The molecule has 0 aliphatic rings. The summed E-state index contributed by atoms with van der Waals surface area (Å²) in [5.41, 5.74) is -1.75. The molecule has 0 unspecified atom stereocenters. The second-order valence-corrected chi connectivity index (χ2v) is 3.82. The average molecular weight is 329 g/mol. The van der Waals surface area contributed by atoms with E-state index in [1.807, 2.05) is 0 Å². The van der Waals surface area contributed by atoms with Gasteiger partial charge in [-0.1, -0.05) is 0 Å². The van der Waals surface area contributed by atoms with Crippen LogP contribution in [0.15, 0.2) is 11.0 Å². The fraction of sp³-hybridized carbons (Fsp3) is 0.250. The summed E-state index contributed by atoms with van der Waals surface area (Å²) in [7, 11) is 0. The molecule has 2 N–H and O–H groups in total. The number of aromatic nitrogens is 1. The van der Waals surface area contributed by atoms with Crippen molar-refractivity contribution in [3.63, 3.8) is 0 Å². The third-order valence-electron chi connectivity index (χ3n) is 1.71. The van der Waals surface area contributed by atoms with Crippen molar-refractivity contribution in [2.24, 2.45) is 0 Å². The highest BCUT2D eigenvalue weighted by atomic mass is 127. The molecule has 0 bridgehead atoms. The quantitative estimate of drug-likeness (QED) is 0.653. The van der Waals surface area contributed by atoms with Crippen molar-refractivity contribution in [3.05, 3.63) is 31.2 Å². The van der Waals surface area contributed by atoms with Gasteiger partial charge in [-0.2, -0.15) is 0 Å². The van der Waals surface area contributed by atoms with E-state index in [1.54, 1.807) is 22.6 Å². The van der Waals surface area contributed by atoms with Crippen LogP contribution < -0.4 is 5.43 Å². The summed E-state index contributed by atoms with van der Waals surface area (Å²) in [6.45, 7) is 0. The van der Waals surface area contributed by atoms with Gasteiger partial charge in [-0.05, 0) is 22.6 Å². The lowest BCUT2D eigenvalue weighted by molar-refractivity contribution is -0.136. The Bertz CT molecular complexity index is 444. The first-order valence-electron chi connectivity index (χ1n) is 3.83. The lowest BCUT2D eigenvalue weighted by Crippen LogP contribution is -2.20. The minimum absolute atomic E-state index is 0.0294. The van der Waals surface area contributed by atoms with E-state index in [9.17, 15) is 18.4 Å². The molecule has 0 saturated heterocycles. The molecular formula is C8H6F2INO3. The van der Waals surface area contributed by atoms with Gasteiger partial charge in [0.15, 0.2) is 5.43 Å². The molecule has 0 fully saturated rings. The number of carboxylic acid groups (broad SMARTS) is 1. The maximum Gasteiger partial charge on any atom is 0.308 e. The monoisotopic (exact) mass is 329 g/mol. The van der Waals surface area contributed by atoms with Crippen molar-refractivity contribution in [1.82, 2.24) is 4.98 Å². The van der Waals surface area contributed by atoms with Gasteiger partial charge in [-0.3, -0.25) is 9.59 Å². The largest absolute Gasteiger partial charge is 0.481 e. The lowest BCUT2D eigenvalue weighted by atomic mass is 10.1. The van der Waals surface area contributed by atoms with E-state index in [2.05, 4.69) is 4.98 Å². The maximum absolute atomic E-state index is 12.4. The molecule has 0 atom stereocenters. The van der Waals surface area contributed by atoms with Crippen LogP contribution in [0.5, 0.6) is 0 Å². The molecular weight excluding hydrogens is 323 g/mol. The highest BCUT2D eigenvalue weighted by Crippen LogP contribution is 2.19. The molecule has 82 valence electrons. The van der Waals surface area contributed by atoms with Gasteiger partial charge in [0.2, 0.25) is 0 Å². The third-order valence-corrected chi connectivity index (χ3v) is 2.60. The van der Waals surface area contributed by atoms with Crippen LogP contribution in [-0.4, -0.2) is 16.1 Å². The number of aliphatic carboxylic acids is 1. The summed E-state index contributed by atoms with van der Waals surface area (Å²) in [6.07, 6.45) is -2.33. The number of carboxylic acids is 1. The molecule has 1 heterocycles. The van der Waals surface area contributed by atoms with E-state index < -0.39 is 29.8 Å². The fourth-order valence-corrected chi connectivity index (χ4v) is 1.69. The predicted molar refractivity (Wildman–Crippen MR) is 56.1 cm³/mol. The summed E-state index contributed by atoms with van der Waals surface area (Å²) in [5, 5.41) is 8.45. The van der Waals surface area contributed by atoms with E-state index in [4.69, 9.17) is 5.11 Å². The summed E-state index contributed by atoms with van der Waals surface area (Å²) in [4.78, 5) is 24.2.